The minimum absolute atomic E-state index is 0.112. The van der Waals surface area contributed by atoms with Gasteiger partial charge in [-0.25, -0.2) is 4.39 Å². The van der Waals surface area contributed by atoms with E-state index in [0.29, 0.717) is 0 Å². The Kier molecular flexibility index (Phi) is 3.56. The summed E-state index contributed by atoms with van der Waals surface area (Å²) in [7, 11) is 0. The van der Waals surface area contributed by atoms with Crippen LogP contribution in [0.4, 0.5) is 4.39 Å². The summed E-state index contributed by atoms with van der Waals surface area (Å²) in [6.07, 6.45) is 0. The van der Waals surface area contributed by atoms with Gasteiger partial charge in [0.15, 0.2) is 0 Å². The van der Waals surface area contributed by atoms with Crippen molar-refractivity contribution in [3.05, 3.63) is 30.1 Å². The smallest absolute Gasteiger partial charge is 0.124 e. The summed E-state index contributed by atoms with van der Waals surface area (Å²) in [5, 5.41) is 8.87. The lowest BCUT2D eigenvalue weighted by atomic mass is 10.3. The second-order valence-corrected chi connectivity index (χ2v) is 4.08. The van der Waals surface area contributed by atoms with E-state index in [1.165, 1.54) is 23.9 Å². The highest BCUT2D eigenvalue weighted by molar-refractivity contribution is 8.00. The van der Waals surface area contributed by atoms with Crippen LogP contribution in [0.3, 0.4) is 0 Å². The monoisotopic (exact) mass is 186 g/mol. The summed E-state index contributed by atoms with van der Waals surface area (Å²) in [5.74, 6) is -0.231. The van der Waals surface area contributed by atoms with Crippen molar-refractivity contribution in [3.63, 3.8) is 0 Å². The Labute approximate surface area is 75.6 Å². The summed E-state index contributed by atoms with van der Waals surface area (Å²) in [4.78, 5) is 0.858. The molecule has 0 heterocycles. The van der Waals surface area contributed by atoms with Crippen molar-refractivity contribution in [2.24, 2.45) is 0 Å². The first-order valence-corrected chi connectivity index (χ1v) is 4.63. The van der Waals surface area contributed by atoms with E-state index in [9.17, 15) is 4.39 Å². The molecule has 0 bridgehead atoms. The van der Waals surface area contributed by atoms with E-state index in [1.807, 2.05) is 13.0 Å². The third-order valence-electron chi connectivity index (χ3n) is 1.39. The fraction of sp³-hybridized carbons (Fsp3) is 0.333. The molecule has 0 aromatic heterocycles. The van der Waals surface area contributed by atoms with Gasteiger partial charge in [0.05, 0.1) is 6.61 Å². The largest absolute Gasteiger partial charge is 0.395 e. The molecule has 1 atom stereocenters. The second-order valence-electron chi connectivity index (χ2n) is 2.57. The molecule has 1 nitrogen and oxygen atoms in total. The Morgan fingerprint density at radius 3 is 2.92 bits per heavy atom. The number of thioether (sulfide) groups is 1. The van der Waals surface area contributed by atoms with Crippen LogP contribution in [0.1, 0.15) is 6.92 Å². The number of hydrogen-bond donors (Lipinski definition) is 1. The van der Waals surface area contributed by atoms with Gasteiger partial charge in [0.2, 0.25) is 0 Å². The van der Waals surface area contributed by atoms with Crippen molar-refractivity contribution in [3.8, 4) is 0 Å². The summed E-state index contributed by atoms with van der Waals surface area (Å²) < 4.78 is 12.6. The van der Waals surface area contributed by atoms with Crippen LogP contribution in [0.15, 0.2) is 29.2 Å². The number of rotatable bonds is 3. The lowest BCUT2D eigenvalue weighted by Gasteiger charge is -2.06. The molecule has 0 saturated heterocycles. The van der Waals surface area contributed by atoms with Crippen LogP contribution in [0.25, 0.3) is 0 Å². The van der Waals surface area contributed by atoms with Gasteiger partial charge in [-0.05, 0) is 18.2 Å². The van der Waals surface area contributed by atoms with Gasteiger partial charge in [-0.15, -0.1) is 11.8 Å². The Morgan fingerprint density at radius 2 is 2.33 bits per heavy atom. The van der Waals surface area contributed by atoms with Gasteiger partial charge in [-0.3, -0.25) is 0 Å². The van der Waals surface area contributed by atoms with E-state index in [2.05, 4.69) is 0 Å². The fourth-order valence-corrected chi connectivity index (χ4v) is 1.69. The van der Waals surface area contributed by atoms with E-state index in [4.69, 9.17) is 5.11 Å². The Bertz CT molecular complexity index is 252. The van der Waals surface area contributed by atoms with Crippen molar-refractivity contribution in [1.82, 2.24) is 0 Å². The molecule has 1 aromatic carbocycles. The number of halogens is 1. The molecule has 0 aliphatic carbocycles. The third-order valence-corrected chi connectivity index (χ3v) is 2.47. The zero-order valence-electron chi connectivity index (χ0n) is 6.83. The number of aliphatic hydroxyl groups is 1. The third kappa shape index (κ3) is 2.83. The first-order valence-electron chi connectivity index (χ1n) is 3.75. The van der Waals surface area contributed by atoms with Crippen LogP contribution >= 0.6 is 11.8 Å². The van der Waals surface area contributed by atoms with Gasteiger partial charge in [-0.2, -0.15) is 0 Å². The molecule has 0 aliphatic rings. The molecular formula is C9H11FOS. The number of aliphatic hydroxyl groups excluding tert-OH is 1. The number of hydrogen-bond acceptors (Lipinski definition) is 2. The van der Waals surface area contributed by atoms with Gasteiger partial charge < -0.3 is 5.11 Å². The van der Waals surface area contributed by atoms with Crippen LogP contribution in [-0.2, 0) is 0 Å². The van der Waals surface area contributed by atoms with Crippen LogP contribution in [-0.4, -0.2) is 17.0 Å². The number of benzene rings is 1. The molecule has 0 aliphatic heterocycles. The average molecular weight is 186 g/mol. The van der Waals surface area contributed by atoms with E-state index in [1.54, 1.807) is 6.07 Å². The van der Waals surface area contributed by atoms with Crippen molar-refractivity contribution >= 4 is 11.8 Å². The fourth-order valence-electron chi connectivity index (χ4n) is 0.810. The normalized spacial score (nSPS) is 12.9. The molecule has 12 heavy (non-hydrogen) atoms. The summed E-state index contributed by atoms with van der Waals surface area (Å²) in [6, 6.07) is 6.38. The van der Waals surface area contributed by atoms with Gasteiger partial charge in [0.1, 0.15) is 5.82 Å². The highest BCUT2D eigenvalue weighted by Crippen LogP contribution is 2.22. The molecule has 3 heteroatoms. The summed E-state index contributed by atoms with van der Waals surface area (Å²) in [6.45, 7) is 2.01. The molecule has 0 spiro atoms. The maximum atomic E-state index is 12.6. The minimum atomic E-state index is -0.231. The van der Waals surface area contributed by atoms with E-state index < -0.39 is 0 Å². The quantitative estimate of drug-likeness (QED) is 0.731. The van der Waals surface area contributed by atoms with Gasteiger partial charge >= 0.3 is 0 Å². The first-order chi connectivity index (χ1) is 5.72. The van der Waals surface area contributed by atoms with Crippen molar-refractivity contribution in [1.29, 1.82) is 0 Å². The predicted molar refractivity (Wildman–Crippen MR) is 48.8 cm³/mol. The second kappa shape index (κ2) is 4.48. The topological polar surface area (TPSA) is 20.2 Å². The molecule has 1 rings (SSSR count). The zero-order chi connectivity index (χ0) is 8.97. The van der Waals surface area contributed by atoms with Crippen LogP contribution < -0.4 is 0 Å². The van der Waals surface area contributed by atoms with Gasteiger partial charge in [0.25, 0.3) is 0 Å². The highest BCUT2D eigenvalue weighted by Gasteiger charge is 2.02. The molecular weight excluding hydrogens is 175 g/mol. The Morgan fingerprint density at radius 1 is 1.58 bits per heavy atom. The molecule has 0 fully saturated rings. The van der Waals surface area contributed by atoms with Gasteiger partial charge in [-0.1, -0.05) is 13.0 Å². The molecule has 0 radical (unpaired) electrons. The lowest BCUT2D eigenvalue weighted by molar-refractivity contribution is 0.300. The maximum Gasteiger partial charge on any atom is 0.124 e. The SMILES string of the molecule is CC(CO)Sc1cccc(F)c1. The van der Waals surface area contributed by atoms with Gasteiger partial charge in [0, 0.05) is 10.1 Å². The predicted octanol–water partition coefficient (Wildman–Crippen LogP) is 2.30. The van der Waals surface area contributed by atoms with Crippen LogP contribution in [0, 0.1) is 5.82 Å². The molecule has 0 saturated carbocycles. The van der Waals surface area contributed by atoms with E-state index in [0.717, 1.165) is 4.90 Å². The molecule has 1 aromatic rings. The molecule has 1 N–H and O–H groups in total. The Hall–Kier alpha value is -0.540. The molecule has 1 unspecified atom stereocenters. The highest BCUT2D eigenvalue weighted by atomic mass is 32.2. The lowest BCUT2D eigenvalue weighted by Crippen LogP contribution is -2.01. The summed E-state index contributed by atoms with van der Waals surface area (Å²) >= 11 is 1.47. The van der Waals surface area contributed by atoms with Crippen molar-refractivity contribution in [2.45, 2.75) is 17.1 Å². The maximum absolute atomic E-state index is 12.6. The van der Waals surface area contributed by atoms with Crippen molar-refractivity contribution in [2.75, 3.05) is 6.61 Å². The van der Waals surface area contributed by atoms with E-state index >= 15 is 0 Å². The molecule has 66 valence electrons. The van der Waals surface area contributed by atoms with Crippen molar-refractivity contribution < 1.29 is 9.50 Å². The van der Waals surface area contributed by atoms with Crippen LogP contribution in [0.5, 0.6) is 0 Å². The minimum Gasteiger partial charge on any atom is -0.395 e. The standard InChI is InChI=1S/C9H11FOS/c1-7(6-11)12-9-4-2-3-8(10)5-9/h2-5,7,11H,6H2,1H3. The van der Waals surface area contributed by atoms with Crippen LogP contribution in [0.2, 0.25) is 0 Å². The zero-order valence-corrected chi connectivity index (χ0v) is 7.64. The van der Waals surface area contributed by atoms with E-state index in [-0.39, 0.29) is 17.7 Å². The molecule has 0 amide bonds. The summed E-state index contributed by atoms with van der Waals surface area (Å²) in [5.41, 5.74) is 0. The first kappa shape index (κ1) is 9.55. The Balaban J connectivity index is 2.63. The average Bonchev–Trinajstić information content (AvgIpc) is 2.04.